The largest absolute Gasteiger partial charge is 0.336 e. The molecule has 4 rings (SSSR count). The highest BCUT2D eigenvalue weighted by Crippen LogP contribution is 2.25. The van der Waals surface area contributed by atoms with Crippen molar-refractivity contribution < 1.29 is 13.2 Å². The van der Waals surface area contributed by atoms with Crippen molar-refractivity contribution >= 4 is 21.6 Å². The predicted octanol–water partition coefficient (Wildman–Crippen LogP) is 3.78. The van der Waals surface area contributed by atoms with Gasteiger partial charge in [0.05, 0.1) is 10.6 Å². The van der Waals surface area contributed by atoms with Crippen LogP contribution in [0.5, 0.6) is 0 Å². The minimum atomic E-state index is -3.88. The Kier molecular flexibility index (Phi) is 5.59. The Morgan fingerprint density at radius 2 is 1.53 bits per heavy atom. The first-order valence-corrected chi connectivity index (χ1v) is 11.4. The number of aryl methyl sites for hydroxylation is 1. The maximum Gasteiger partial charge on any atom is 0.264 e. The molecule has 0 fully saturated rings. The van der Waals surface area contributed by atoms with E-state index in [4.69, 9.17) is 0 Å². The Morgan fingerprint density at radius 1 is 0.900 bits per heavy atom. The van der Waals surface area contributed by atoms with E-state index in [1.54, 1.807) is 53.4 Å². The van der Waals surface area contributed by atoms with Crippen molar-refractivity contribution in [2.45, 2.75) is 24.8 Å². The number of hydrogen-bond donors (Lipinski definition) is 0. The molecule has 0 unspecified atom stereocenters. The van der Waals surface area contributed by atoms with Crippen LogP contribution in [0.2, 0.25) is 0 Å². The van der Waals surface area contributed by atoms with Gasteiger partial charge in [-0.2, -0.15) is 0 Å². The SMILES string of the molecule is Cc1ccc(S(=O)(=O)N(CC(=O)N2CCc3ccccc3C2)c2ccccc2)cc1. The van der Waals surface area contributed by atoms with Crippen LogP contribution < -0.4 is 4.31 Å². The van der Waals surface area contributed by atoms with Gasteiger partial charge in [0.1, 0.15) is 6.54 Å². The number of sulfonamides is 1. The fraction of sp³-hybridized carbons (Fsp3) is 0.208. The number of amides is 1. The van der Waals surface area contributed by atoms with E-state index in [-0.39, 0.29) is 17.3 Å². The van der Waals surface area contributed by atoms with Crippen LogP contribution in [0.4, 0.5) is 5.69 Å². The molecule has 0 saturated carbocycles. The van der Waals surface area contributed by atoms with Gasteiger partial charge in [-0.3, -0.25) is 9.10 Å². The number of anilines is 1. The monoisotopic (exact) mass is 420 g/mol. The summed E-state index contributed by atoms with van der Waals surface area (Å²) in [5.74, 6) is -0.205. The Balaban J connectivity index is 1.63. The molecule has 0 bridgehead atoms. The molecule has 0 spiro atoms. The van der Waals surface area contributed by atoms with Crippen molar-refractivity contribution in [3.8, 4) is 0 Å². The average Bonchev–Trinajstić information content (AvgIpc) is 2.77. The molecule has 3 aromatic carbocycles. The lowest BCUT2D eigenvalue weighted by molar-refractivity contribution is -0.130. The number of nitrogens with zero attached hydrogens (tertiary/aromatic N) is 2. The first-order chi connectivity index (χ1) is 14.4. The summed E-state index contributed by atoms with van der Waals surface area (Å²) in [6.07, 6.45) is 0.776. The van der Waals surface area contributed by atoms with Gasteiger partial charge in [0.25, 0.3) is 10.0 Å². The minimum absolute atomic E-state index is 0.175. The highest BCUT2D eigenvalue weighted by atomic mass is 32.2. The number of rotatable bonds is 5. The van der Waals surface area contributed by atoms with Gasteiger partial charge in [-0.25, -0.2) is 8.42 Å². The summed E-state index contributed by atoms with van der Waals surface area (Å²) in [5.41, 5.74) is 3.81. The van der Waals surface area contributed by atoms with Crippen LogP contribution in [0.15, 0.2) is 83.8 Å². The van der Waals surface area contributed by atoms with E-state index in [0.29, 0.717) is 18.8 Å². The van der Waals surface area contributed by atoms with E-state index in [2.05, 4.69) is 6.07 Å². The molecule has 1 amide bonds. The molecule has 0 aromatic heterocycles. The lowest BCUT2D eigenvalue weighted by atomic mass is 10.00. The van der Waals surface area contributed by atoms with E-state index in [9.17, 15) is 13.2 Å². The van der Waals surface area contributed by atoms with Crippen LogP contribution in [0.25, 0.3) is 0 Å². The first-order valence-electron chi connectivity index (χ1n) is 9.94. The van der Waals surface area contributed by atoms with Crippen molar-refractivity contribution in [2.75, 3.05) is 17.4 Å². The Hall–Kier alpha value is -3.12. The van der Waals surface area contributed by atoms with Crippen molar-refractivity contribution in [1.29, 1.82) is 0 Å². The number of carbonyl (C=O) groups excluding carboxylic acids is 1. The quantitative estimate of drug-likeness (QED) is 0.631. The zero-order valence-electron chi connectivity index (χ0n) is 16.9. The topological polar surface area (TPSA) is 57.7 Å². The summed E-state index contributed by atoms with van der Waals surface area (Å²) in [6.45, 7) is 2.76. The molecular formula is C24H24N2O3S. The zero-order chi connectivity index (χ0) is 21.1. The molecule has 0 radical (unpaired) electrons. The van der Waals surface area contributed by atoms with E-state index in [0.717, 1.165) is 17.5 Å². The smallest absolute Gasteiger partial charge is 0.264 e. The standard InChI is InChI=1S/C24H24N2O3S/c1-19-11-13-23(14-12-19)30(28,29)26(22-9-3-2-4-10-22)18-24(27)25-16-15-20-7-5-6-8-21(20)17-25/h2-14H,15-18H2,1H3. The maximum atomic E-state index is 13.4. The van der Waals surface area contributed by atoms with Gasteiger partial charge in [0, 0.05) is 13.1 Å². The molecule has 1 aliphatic heterocycles. The van der Waals surface area contributed by atoms with Gasteiger partial charge in [-0.1, -0.05) is 60.2 Å². The van der Waals surface area contributed by atoms with Crippen LogP contribution in [-0.2, 0) is 27.8 Å². The third-order valence-corrected chi connectivity index (χ3v) is 7.20. The second-order valence-corrected chi connectivity index (χ2v) is 9.36. The molecule has 1 heterocycles. The van der Waals surface area contributed by atoms with Gasteiger partial charge < -0.3 is 4.90 Å². The Bertz CT molecular complexity index is 1140. The van der Waals surface area contributed by atoms with Crippen molar-refractivity contribution in [3.63, 3.8) is 0 Å². The van der Waals surface area contributed by atoms with Crippen LogP contribution in [-0.4, -0.2) is 32.3 Å². The van der Waals surface area contributed by atoms with Gasteiger partial charge in [0.15, 0.2) is 0 Å². The molecule has 0 N–H and O–H groups in total. The number of hydrogen-bond acceptors (Lipinski definition) is 3. The van der Waals surface area contributed by atoms with Crippen molar-refractivity contribution in [3.05, 3.63) is 95.6 Å². The third-order valence-electron chi connectivity index (χ3n) is 5.42. The fourth-order valence-electron chi connectivity index (χ4n) is 3.68. The Morgan fingerprint density at radius 3 is 2.23 bits per heavy atom. The summed E-state index contributed by atoms with van der Waals surface area (Å²) in [6, 6.07) is 23.6. The molecule has 0 aliphatic carbocycles. The van der Waals surface area contributed by atoms with Gasteiger partial charge >= 0.3 is 0 Å². The highest BCUT2D eigenvalue weighted by molar-refractivity contribution is 7.92. The molecule has 0 saturated heterocycles. The zero-order valence-corrected chi connectivity index (χ0v) is 17.7. The Labute approximate surface area is 177 Å². The normalized spacial score (nSPS) is 13.6. The van der Waals surface area contributed by atoms with E-state index in [1.807, 2.05) is 31.2 Å². The van der Waals surface area contributed by atoms with E-state index < -0.39 is 10.0 Å². The lowest BCUT2D eigenvalue weighted by Crippen LogP contribution is -2.44. The van der Waals surface area contributed by atoms with E-state index in [1.165, 1.54) is 9.87 Å². The van der Waals surface area contributed by atoms with Gasteiger partial charge in [-0.15, -0.1) is 0 Å². The van der Waals surface area contributed by atoms with Crippen LogP contribution >= 0.6 is 0 Å². The first kappa shape index (κ1) is 20.2. The van der Waals surface area contributed by atoms with Gasteiger partial charge in [0.2, 0.25) is 5.91 Å². The lowest BCUT2D eigenvalue weighted by Gasteiger charge is -2.31. The number of carbonyl (C=O) groups is 1. The molecule has 1 aliphatic rings. The third kappa shape index (κ3) is 4.09. The molecule has 154 valence electrons. The molecule has 5 nitrogen and oxygen atoms in total. The second-order valence-electron chi connectivity index (χ2n) is 7.49. The molecule has 3 aromatic rings. The minimum Gasteiger partial charge on any atom is -0.336 e. The van der Waals surface area contributed by atoms with Crippen molar-refractivity contribution in [2.24, 2.45) is 0 Å². The summed E-state index contributed by atoms with van der Waals surface area (Å²) >= 11 is 0. The number of fused-ring (bicyclic) bond motifs is 1. The van der Waals surface area contributed by atoms with Gasteiger partial charge in [-0.05, 0) is 48.7 Å². The molecule has 0 atom stereocenters. The van der Waals surface area contributed by atoms with Crippen molar-refractivity contribution in [1.82, 2.24) is 4.90 Å². The summed E-state index contributed by atoms with van der Waals surface area (Å²) < 4.78 is 28.0. The summed E-state index contributed by atoms with van der Waals surface area (Å²) in [5, 5.41) is 0. The van der Waals surface area contributed by atoms with Crippen LogP contribution in [0.3, 0.4) is 0 Å². The molecular weight excluding hydrogens is 396 g/mol. The number of benzene rings is 3. The summed E-state index contributed by atoms with van der Waals surface area (Å²) in [7, 11) is -3.88. The highest BCUT2D eigenvalue weighted by Gasteiger charge is 2.30. The summed E-state index contributed by atoms with van der Waals surface area (Å²) in [4.78, 5) is 15.1. The molecule has 30 heavy (non-hydrogen) atoms. The fourth-order valence-corrected chi connectivity index (χ4v) is 5.09. The van der Waals surface area contributed by atoms with E-state index >= 15 is 0 Å². The maximum absolute atomic E-state index is 13.4. The van der Waals surface area contributed by atoms with Crippen LogP contribution in [0.1, 0.15) is 16.7 Å². The number of para-hydroxylation sites is 1. The predicted molar refractivity (Wildman–Crippen MR) is 118 cm³/mol. The average molecular weight is 421 g/mol. The molecule has 6 heteroatoms. The second kappa shape index (κ2) is 8.32. The van der Waals surface area contributed by atoms with Crippen LogP contribution in [0, 0.1) is 6.92 Å².